The van der Waals surface area contributed by atoms with E-state index in [-0.39, 0.29) is 11.6 Å². The highest BCUT2D eigenvalue weighted by Crippen LogP contribution is 2.20. The summed E-state index contributed by atoms with van der Waals surface area (Å²) in [5, 5.41) is 9.36. The summed E-state index contributed by atoms with van der Waals surface area (Å²) in [6.07, 6.45) is 2.84. The number of carbonyl (C=O) groups is 1. The number of hydrogen-bond donors (Lipinski definition) is 3. The lowest BCUT2D eigenvalue weighted by molar-refractivity contribution is 0.262. The molecule has 28 heavy (non-hydrogen) atoms. The zero-order chi connectivity index (χ0) is 20.3. The Kier molecular flexibility index (Phi) is 5.27. The van der Waals surface area contributed by atoms with E-state index in [2.05, 4.69) is 25.7 Å². The van der Waals surface area contributed by atoms with E-state index in [0.717, 1.165) is 6.26 Å². The van der Waals surface area contributed by atoms with Crippen molar-refractivity contribution in [2.45, 2.75) is 5.75 Å². The second-order valence-corrected chi connectivity index (χ2v) is 8.35. The van der Waals surface area contributed by atoms with Gasteiger partial charge in [0.1, 0.15) is 5.82 Å². The van der Waals surface area contributed by atoms with Crippen LogP contribution < -0.4 is 16.4 Å². The minimum Gasteiger partial charge on any atom is -0.384 e. The molecule has 0 aliphatic heterocycles. The number of rotatable bonds is 5. The van der Waals surface area contributed by atoms with Crippen LogP contribution in [-0.2, 0) is 22.6 Å². The number of nitrogens with zero attached hydrogens (tertiary/aromatic N) is 4. The average Bonchev–Trinajstić information content (AvgIpc) is 2.98. The molecule has 0 saturated heterocycles. The van der Waals surface area contributed by atoms with E-state index in [1.807, 2.05) is 0 Å². The molecule has 11 heteroatoms. The van der Waals surface area contributed by atoms with Gasteiger partial charge in [-0.3, -0.25) is 10.00 Å². The second kappa shape index (κ2) is 7.64. The zero-order valence-electron chi connectivity index (χ0n) is 15.2. The first-order valence-electron chi connectivity index (χ1n) is 8.17. The summed E-state index contributed by atoms with van der Waals surface area (Å²) in [6.45, 7) is 0. The van der Waals surface area contributed by atoms with Gasteiger partial charge < -0.3 is 11.1 Å². The highest BCUT2D eigenvalue weighted by atomic mass is 32.2. The highest BCUT2D eigenvalue weighted by Gasteiger charge is 2.11. The first-order chi connectivity index (χ1) is 13.2. The minimum atomic E-state index is -3.24. The molecule has 0 radical (unpaired) electrons. The third kappa shape index (κ3) is 5.27. The van der Waals surface area contributed by atoms with Crippen molar-refractivity contribution < 1.29 is 13.2 Å². The molecular formula is C17H19N7O3S. The van der Waals surface area contributed by atoms with Crippen LogP contribution in [0.1, 0.15) is 5.69 Å². The van der Waals surface area contributed by atoms with Gasteiger partial charge in [-0.25, -0.2) is 23.2 Å². The normalized spacial score (nSPS) is 11.2. The van der Waals surface area contributed by atoms with Gasteiger partial charge in [-0.15, -0.1) is 0 Å². The quantitative estimate of drug-likeness (QED) is 0.589. The fourth-order valence-corrected chi connectivity index (χ4v) is 3.14. The van der Waals surface area contributed by atoms with Gasteiger partial charge >= 0.3 is 6.03 Å². The predicted octanol–water partition coefficient (Wildman–Crippen LogP) is 1.65. The van der Waals surface area contributed by atoms with Crippen LogP contribution in [-0.4, -0.2) is 40.5 Å². The molecule has 2 heterocycles. The Morgan fingerprint density at radius 3 is 2.46 bits per heavy atom. The van der Waals surface area contributed by atoms with Crippen LogP contribution in [0.15, 0.2) is 42.6 Å². The Balaban J connectivity index is 1.72. The van der Waals surface area contributed by atoms with E-state index >= 15 is 0 Å². The molecule has 2 amide bonds. The lowest BCUT2D eigenvalue weighted by Crippen LogP contribution is -2.19. The number of nitrogen functional groups attached to an aromatic ring is 1. The lowest BCUT2D eigenvalue weighted by Gasteiger charge is -2.08. The predicted molar refractivity (Wildman–Crippen MR) is 106 cm³/mol. The van der Waals surface area contributed by atoms with Crippen LogP contribution in [0.2, 0.25) is 0 Å². The molecule has 0 fully saturated rings. The van der Waals surface area contributed by atoms with E-state index in [1.165, 1.54) is 6.07 Å². The third-order valence-electron chi connectivity index (χ3n) is 3.57. The molecule has 10 nitrogen and oxygen atoms in total. The Bertz CT molecular complexity index is 1110. The molecule has 3 aromatic rings. The number of benzene rings is 1. The van der Waals surface area contributed by atoms with E-state index in [1.54, 1.807) is 48.3 Å². The SMILES string of the molecule is Cn1ccc(NC(=O)Nc2ccc(-c3nc(N)cc(CS(C)(=O)=O)n3)cc2)n1. The van der Waals surface area contributed by atoms with E-state index < -0.39 is 15.9 Å². The summed E-state index contributed by atoms with van der Waals surface area (Å²) in [4.78, 5) is 20.4. The van der Waals surface area contributed by atoms with Crippen molar-refractivity contribution in [1.29, 1.82) is 0 Å². The molecule has 146 valence electrons. The first kappa shape index (κ1) is 19.3. The molecule has 0 aliphatic carbocycles. The summed E-state index contributed by atoms with van der Waals surface area (Å²) >= 11 is 0. The highest BCUT2D eigenvalue weighted by molar-refractivity contribution is 7.89. The maximum atomic E-state index is 12.0. The monoisotopic (exact) mass is 401 g/mol. The van der Waals surface area contributed by atoms with Crippen LogP contribution in [0.4, 0.5) is 22.1 Å². The molecule has 0 aliphatic rings. The molecule has 0 atom stereocenters. The molecule has 1 aromatic carbocycles. The molecule has 4 N–H and O–H groups in total. The maximum Gasteiger partial charge on any atom is 0.324 e. The van der Waals surface area contributed by atoms with Gasteiger partial charge in [-0.1, -0.05) is 0 Å². The van der Waals surface area contributed by atoms with Gasteiger partial charge in [0.2, 0.25) is 0 Å². The number of hydrogen-bond acceptors (Lipinski definition) is 7. The van der Waals surface area contributed by atoms with Crippen molar-refractivity contribution in [1.82, 2.24) is 19.7 Å². The topological polar surface area (TPSA) is 145 Å². The standard InChI is InChI=1S/C17H19N7O3S/c1-24-8-7-15(23-24)22-17(25)20-12-5-3-11(4-6-12)16-19-13(9-14(18)21-16)10-28(2,26)27/h3-9H,10H2,1-2H3,(H2,18,19,21)(H2,20,22,23,25). The van der Waals surface area contributed by atoms with Gasteiger partial charge in [0.15, 0.2) is 21.5 Å². The van der Waals surface area contributed by atoms with Crippen molar-refractivity contribution in [3.63, 3.8) is 0 Å². The van der Waals surface area contributed by atoms with Crippen LogP contribution in [0.3, 0.4) is 0 Å². The summed E-state index contributed by atoms with van der Waals surface area (Å²) in [5.74, 6) is 0.701. The smallest absolute Gasteiger partial charge is 0.324 e. The Morgan fingerprint density at radius 1 is 1.14 bits per heavy atom. The second-order valence-electron chi connectivity index (χ2n) is 6.21. The largest absolute Gasteiger partial charge is 0.384 e. The number of anilines is 3. The van der Waals surface area contributed by atoms with Gasteiger partial charge in [-0.05, 0) is 24.3 Å². The van der Waals surface area contributed by atoms with Crippen LogP contribution in [0.25, 0.3) is 11.4 Å². The molecule has 0 unspecified atom stereocenters. The molecule has 2 aromatic heterocycles. The summed E-state index contributed by atoms with van der Waals surface area (Å²) in [7, 11) is -1.49. The number of nitrogens with two attached hydrogens (primary N) is 1. The van der Waals surface area contributed by atoms with E-state index in [9.17, 15) is 13.2 Å². The fourth-order valence-electron chi connectivity index (χ4n) is 2.45. The maximum absolute atomic E-state index is 12.0. The van der Waals surface area contributed by atoms with Crippen molar-refractivity contribution in [3.05, 3.63) is 48.3 Å². The van der Waals surface area contributed by atoms with Crippen molar-refractivity contribution in [2.24, 2.45) is 7.05 Å². The van der Waals surface area contributed by atoms with Crippen molar-refractivity contribution >= 4 is 33.2 Å². The number of aryl methyl sites for hydroxylation is 1. The number of sulfone groups is 1. The van der Waals surface area contributed by atoms with Crippen molar-refractivity contribution in [2.75, 3.05) is 22.6 Å². The molecule has 0 bridgehead atoms. The molecule has 0 spiro atoms. The molecule has 3 rings (SSSR count). The van der Waals surface area contributed by atoms with Crippen molar-refractivity contribution in [3.8, 4) is 11.4 Å². The Labute approximate surface area is 161 Å². The number of urea groups is 1. The number of amides is 2. The fraction of sp³-hybridized carbons (Fsp3) is 0.176. The minimum absolute atomic E-state index is 0.181. The van der Waals surface area contributed by atoms with Crippen LogP contribution in [0.5, 0.6) is 0 Å². The Hall–Kier alpha value is -3.47. The van der Waals surface area contributed by atoms with Gasteiger partial charge in [-0.2, -0.15) is 5.10 Å². The van der Waals surface area contributed by atoms with Gasteiger partial charge in [0.25, 0.3) is 0 Å². The Morgan fingerprint density at radius 2 is 1.86 bits per heavy atom. The third-order valence-corrected chi connectivity index (χ3v) is 4.39. The van der Waals surface area contributed by atoms with E-state index in [4.69, 9.17) is 5.73 Å². The molecule has 0 saturated carbocycles. The van der Waals surface area contributed by atoms with Crippen LogP contribution >= 0.6 is 0 Å². The summed E-state index contributed by atoms with van der Waals surface area (Å²) in [6, 6.07) is 9.44. The summed E-state index contributed by atoms with van der Waals surface area (Å²) < 4.78 is 24.5. The zero-order valence-corrected chi connectivity index (χ0v) is 16.1. The number of aromatic nitrogens is 4. The molecular weight excluding hydrogens is 382 g/mol. The number of nitrogens with one attached hydrogen (secondary N) is 2. The van der Waals surface area contributed by atoms with E-state index in [0.29, 0.717) is 28.6 Å². The average molecular weight is 401 g/mol. The number of carbonyl (C=O) groups excluding carboxylic acids is 1. The van der Waals surface area contributed by atoms with Gasteiger partial charge in [0.05, 0.1) is 11.4 Å². The van der Waals surface area contributed by atoms with Crippen LogP contribution in [0, 0.1) is 0 Å². The van der Waals surface area contributed by atoms with Gasteiger partial charge in [0, 0.05) is 42.9 Å². The first-order valence-corrected chi connectivity index (χ1v) is 10.2. The lowest BCUT2D eigenvalue weighted by atomic mass is 10.2. The summed E-state index contributed by atoms with van der Waals surface area (Å²) in [5.41, 5.74) is 7.28.